The van der Waals surface area contributed by atoms with Crippen molar-refractivity contribution >= 4 is 33.2 Å². The van der Waals surface area contributed by atoms with Crippen LogP contribution in [0.3, 0.4) is 0 Å². The lowest BCUT2D eigenvalue weighted by atomic mass is 9.98. The minimum absolute atomic E-state index is 0.117. The predicted molar refractivity (Wildman–Crippen MR) is 104 cm³/mol. The van der Waals surface area contributed by atoms with Crippen molar-refractivity contribution in [3.8, 4) is 0 Å². The summed E-state index contributed by atoms with van der Waals surface area (Å²) >= 11 is 6.23. The van der Waals surface area contributed by atoms with E-state index < -0.39 is 27.7 Å². The van der Waals surface area contributed by atoms with E-state index in [1.165, 1.54) is 16.4 Å². The summed E-state index contributed by atoms with van der Waals surface area (Å²) in [4.78, 5) is 12.4. The van der Waals surface area contributed by atoms with Gasteiger partial charge < -0.3 is 5.32 Å². The highest BCUT2D eigenvalue weighted by molar-refractivity contribution is 7.88. The smallest absolute Gasteiger partial charge is 0.324 e. The zero-order valence-electron chi connectivity index (χ0n) is 15.4. The first kappa shape index (κ1) is 21.6. The van der Waals surface area contributed by atoms with Crippen molar-refractivity contribution in [2.75, 3.05) is 18.1 Å². The standard InChI is InChI=1S/C19H18ClF3N2O3S/c1-29(27,28)25-9-8-15-13(11-25)4-7-16(20)18(15)24-17(26)10-12-2-5-14(6-3-12)19(21,22)23/h2-7H,8-11H2,1H3,(H,24,26). The summed E-state index contributed by atoms with van der Waals surface area (Å²) in [6.45, 7) is 0.459. The molecule has 0 atom stereocenters. The number of nitrogens with one attached hydrogen (secondary N) is 1. The molecule has 2 aromatic carbocycles. The minimum Gasteiger partial charge on any atom is -0.324 e. The van der Waals surface area contributed by atoms with Crippen molar-refractivity contribution in [3.63, 3.8) is 0 Å². The van der Waals surface area contributed by atoms with Crippen LogP contribution < -0.4 is 5.32 Å². The molecule has 0 aromatic heterocycles. The molecule has 0 fully saturated rings. The molecule has 1 amide bonds. The van der Waals surface area contributed by atoms with Crippen LogP contribution in [-0.4, -0.2) is 31.4 Å². The first-order valence-electron chi connectivity index (χ1n) is 8.66. The van der Waals surface area contributed by atoms with E-state index >= 15 is 0 Å². The Bertz CT molecular complexity index is 1040. The van der Waals surface area contributed by atoms with Crippen molar-refractivity contribution in [2.24, 2.45) is 0 Å². The fourth-order valence-corrected chi connectivity index (χ4v) is 4.22. The van der Waals surface area contributed by atoms with E-state index in [0.29, 0.717) is 22.7 Å². The number of hydrogen-bond acceptors (Lipinski definition) is 3. The lowest BCUT2D eigenvalue weighted by molar-refractivity contribution is -0.137. The third kappa shape index (κ3) is 5.09. The van der Waals surface area contributed by atoms with Gasteiger partial charge >= 0.3 is 6.18 Å². The van der Waals surface area contributed by atoms with Gasteiger partial charge in [-0.15, -0.1) is 0 Å². The number of nitrogens with zero attached hydrogens (tertiary/aromatic N) is 1. The van der Waals surface area contributed by atoms with E-state index in [4.69, 9.17) is 11.6 Å². The fraction of sp³-hybridized carbons (Fsp3) is 0.316. The van der Waals surface area contributed by atoms with Crippen LogP contribution in [-0.2, 0) is 40.4 Å². The number of benzene rings is 2. The fourth-order valence-electron chi connectivity index (χ4n) is 3.20. The third-order valence-electron chi connectivity index (χ3n) is 4.70. The summed E-state index contributed by atoms with van der Waals surface area (Å²) in [7, 11) is -3.34. The Morgan fingerprint density at radius 1 is 1.17 bits per heavy atom. The predicted octanol–water partition coefficient (Wildman–Crippen LogP) is 3.86. The molecule has 10 heteroatoms. The average Bonchev–Trinajstić information content (AvgIpc) is 2.62. The van der Waals surface area contributed by atoms with Crippen molar-refractivity contribution in [1.82, 2.24) is 4.31 Å². The molecule has 1 heterocycles. The van der Waals surface area contributed by atoms with Crippen LogP contribution in [0.5, 0.6) is 0 Å². The molecule has 0 saturated heterocycles. The second kappa shape index (κ2) is 7.97. The van der Waals surface area contributed by atoms with Crippen LogP contribution in [0.4, 0.5) is 18.9 Å². The molecule has 0 saturated carbocycles. The summed E-state index contributed by atoms with van der Waals surface area (Å²) in [5.74, 6) is -0.425. The topological polar surface area (TPSA) is 66.5 Å². The maximum absolute atomic E-state index is 12.6. The summed E-state index contributed by atoms with van der Waals surface area (Å²) < 4.78 is 62.8. The first-order valence-corrected chi connectivity index (χ1v) is 10.9. The zero-order chi connectivity index (χ0) is 21.4. The molecule has 0 radical (unpaired) electrons. The molecule has 156 valence electrons. The van der Waals surface area contributed by atoms with E-state index in [9.17, 15) is 26.4 Å². The Balaban J connectivity index is 1.76. The number of halogens is 4. The van der Waals surface area contributed by atoms with E-state index in [2.05, 4.69) is 5.32 Å². The first-order chi connectivity index (χ1) is 13.4. The molecule has 1 N–H and O–H groups in total. The molecule has 2 aromatic rings. The van der Waals surface area contributed by atoms with E-state index in [-0.39, 0.29) is 19.5 Å². The van der Waals surface area contributed by atoms with Crippen molar-refractivity contribution < 1.29 is 26.4 Å². The maximum Gasteiger partial charge on any atom is 0.416 e. The van der Waals surface area contributed by atoms with E-state index in [0.717, 1.165) is 29.5 Å². The van der Waals surface area contributed by atoms with E-state index in [1.54, 1.807) is 12.1 Å². The minimum atomic E-state index is -4.43. The maximum atomic E-state index is 12.6. The van der Waals surface area contributed by atoms with Crippen LogP contribution in [0.15, 0.2) is 36.4 Å². The second-order valence-corrected chi connectivity index (χ2v) is 9.22. The number of carbonyl (C=O) groups is 1. The monoisotopic (exact) mass is 446 g/mol. The molecule has 0 unspecified atom stereocenters. The summed E-state index contributed by atoms with van der Waals surface area (Å²) in [6.07, 6.45) is -3.02. The SMILES string of the molecule is CS(=O)(=O)N1CCc2c(ccc(Cl)c2NC(=O)Cc2ccc(C(F)(F)F)cc2)C1. The molecule has 5 nitrogen and oxygen atoms in total. The molecule has 0 spiro atoms. The zero-order valence-corrected chi connectivity index (χ0v) is 17.0. The van der Waals surface area contributed by atoms with Crippen LogP contribution in [0, 0.1) is 0 Å². The number of fused-ring (bicyclic) bond motifs is 1. The molecule has 1 aliphatic heterocycles. The van der Waals surface area contributed by atoms with Crippen molar-refractivity contribution in [1.29, 1.82) is 0 Å². The van der Waals surface area contributed by atoms with Gasteiger partial charge in [-0.05, 0) is 41.3 Å². The molecule has 0 aliphatic carbocycles. The van der Waals surface area contributed by atoms with Gasteiger partial charge in [-0.2, -0.15) is 17.5 Å². The van der Waals surface area contributed by atoms with Gasteiger partial charge in [0.2, 0.25) is 15.9 Å². The highest BCUT2D eigenvalue weighted by Gasteiger charge is 2.30. The number of amides is 1. The Hall–Kier alpha value is -2.10. The molecule has 3 rings (SSSR count). The number of rotatable bonds is 4. The van der Waals surface area contributed by atoms with Crippen LogP contribution in [0.2, 0.25) is 5.02 Å². The lowest BCUT2D eigenvalue weighted by Gasteiger charge is -2.28. The van der Waals surface area contributed by atoms with Gasteiger partial charge in [-0.25, -0.2) is 8.42 Å². The number of anilines is 1. The Morgan fingerprint density at radius 2 is 1.83 bits per heavy atom. The van der Waals surface area contributed by atoms with Crippen LogP contribution in [0.25, 0.3) is 0 Å². The van der Waals surface area contributed by atoms with Gasteiger partial charge in [-0.3, -0.25) is 4.79 Å². The largest absolute Gasteiger partial charge is 0.416 e. The van der Waals surface area contributed by atoms with Crippen LogP contribution in [0.1, 0.15) is 22.3 Å². The van der Waals surface area contributed by atoms with Gasteiger partial charge in [0.05, 0.1) is 29.0 Å². The number of sulfonamides is 1. The number of carbonyl (C=O) groups excluding carboxylic acids is 1. The quantitative estimate of drug-likeness (QED) is 0.775. The van der Waals surface area contributed by atoms with Gasteiger partial charge in [0.25, 0.3) is 0 Å². The van der Waals surface area contributed by atoms with Gasteiger partial charge in [0.15, 0.2) is 0 Å². The number of hydrogen-bond donors (Lipinski definition) is 1. The summed E-state index contributed by atoms with van der Waals surface area (Å²) in [5, 5.41) is 3.04. The molecule has 0 bridgehead atoms. The van der Waals surface area contributed by atoms with Gasteiger partial charge in [-0.1, -0.05) is 29.8 Å². The highest BCUT2D eigenvalue weighted by atomic mass is 35.5. The van der Waals surface area contributed by atoms with Gasteiger partial charge in [0, 0.05) is 13.1 Å². The Labute approximate surface area is 171 Å². The van der Waals surface area contributed by atoms with Crippen molar-refractivity contribution in [2.45, 2.75) is 25.6 Å². The lowest BCUT2D eigenvalue weighted by Crippen LogP contribution is -2.35. The number of alkyl halides is 3. The molecular weight excluding hydrogens is 429 g/mol. The molecular formula is C19H18ClF3N2O3S. The Kier molecular flexibility index (Phi) is 5.93. The summed E-state index contributed by atoms with van der Waals surface area (Å²) in [5.41, 5.74) is 1.57. The average molecular weight is 447 g/mol. The van der Waals surface area contributed by atoms with E-state index in [1.807, 2.05) is 0 Å². The Morgan fingerprint density at radius 3 is 2.41 bits per heavy atom. The summed E-state index contributed by atoms with van der Waals surface area (Å²) in [6, 6.07) is 7.68. The van der Waals surface area contributed by atoms with Gasteiger partial charge in [0.1, 0.15) is 0 Å². The van der Waals surface area contributed by atoms with Crippen molar-refractivity contribution in [3.05, 3.63) is 63.7 Å². The normalized spacial score (nSPS) is 15.1. The molecule has 1 aliphatic rings. The second-order valence-electron chi connectivity index (χ2n) is 6.83. The molecule has 29 heavy (non-hydrogen) atoms. The highest BCUT2D eigenvalue weighted by Crippen LogP contribution is 2.34. The third-order valence-corrected chi connectivity index (χ3v) is 6.26. The van der Waals surface area contributed by atoms with Crippen LogP contribution >= 0.6 is 11.6 Å².